The van der Waals surface area contributed by atoms with E-state index in [9.17, 15) is 4.79 Å². The van der Waals surface area contributed by atoms with Gasteiger partial charge in [-0.25, -0.2) is 4.98 Å². The highest BCUT2D eigenvalue weighted by Crippen LogP contribution is 2.11. The highest BCUT2D eigenvalue weighted by Gasteiger charge is 2.09. The number of hydrogen-bond donors (Lipinski definition) is 0. The molecule has 3 aromatic heterocycles. The summed E-state index contributed by atoms with van der Waals surface area (Å²) in [7, 11) is 0. The fourth-order valence-corrected chi connectivity index (χ4v) is 2.26. The molecule has 6 heteroatoms. The summed E-state index contributed by atoms with van der Waals surface area (Å²) in [6, 6.07) is 11.3. The lowest BCUT2D eigenvalue weighted by atomic mass is 10.2. The maximum atomic E-state index is 12.6. The molecule has 0 radical (unpaired) electrons. The van der Waals surface area contributed by atoms with Gasteiger partial charge >= 0.3 is 0 Å². The first-order valence-corrected chi connectivity index (χ1v) is 6.10. The van der Waals surface area contributed by atoms with Crippen molar-refractivity contribution >= 4 is 16.7 Å². The van der Waals surface area contributed by atoms with E-state index >= 15 is 0 Å². The van der Waals surface area contributed by atoms with Crippen molar-refractivity contribution in [2.75, 3.05) is 0 Å². The SMILES string of the molecule is O=c1c2cnc3ncnn3c2ccn1-c1ccccc1. The summed E-state index contributed by atoms with van der Waals surface area (Å²) in [6.45, 7) is 0. The number of nitrogens with zero attached hydrogens (tertiary/aromatic N) is 5. The van der Waals surface area contributed by atoms with Crippen LogP contribution in [-0.4, -0.2) is 24.1 Å². The van der Waals surface area contributed by atoms with Crippen LogP contribution in [0.4, 0.5) is 0 Å². The molecular formula is C14H9N5O. The minimum absolute atomic E-state index is 0.126. The molecule has 0 spiro atoms. The average molecular weight is 263 g/mol. The van der Waals surface area contributed by atoms with Gasteiger partial charge in [0, 0.05) is 18.1 Å². The van der Waals surface area contributed by atoms with Crippen molar-refractivity contribution in [1.82, 2.24) is 24.1 Å². The lowest BCUT2D eigenvalue weighted by Gasteiger charge is -2.07. The average Bonchev–Trinajstić information content (AvgIpc) is 2.97. The summed E-state index contributed by atoms with van der Waals surface area (Å²) in [5.74, 6) is 0.481. The molecule has 96 valence electrons. The Hall–Kier alpha value is -3.02. The molecule has 0 aliphatic heterocycles. The number of aromatic nitrogens is 5. The van der Waals surface area contributed by atoms with Crippen molar-refractivity contribution in [3.8, 4) is 5.69 Å². The van der Waals surface area contributed by atoms with Crippen molar-refractivity contribution in [1.29, 1.82) is 0 Å². The lowest BCUT2D eigenvalue weighted by Crippen LogP contribution is -2.18. The van der Waals surface area contributed by atoms with Crippen LogP contribution in [0.1, 0.15) is 0 Å². The van der Waals surface area contributed by atoms with Gasteiger partial charge in [-0.1, -0.05) is 18.2 Å². The molecule has 4 aromatic rings. The maximum Gasteiger partial charge on any atom is 0.266 e. The molecular weight excluding hydrogens is 254 g/mol. The van der Waals surface area contributed by atoms with E-state index in [-0.39, 0.29) is 5.56 Å². The van der Waals surface area contributed by atoms with Crippen molar-refractivity contribution in [3.05, 3.63) is 65.5 Å². The molecule has 20 heavy (non-hydrogen) atoms. The molecule has 4 rings (SSSR count). The number of pyridine rings is 1. The largest absolute Gasteiger partial charge is 0.284 e. The molecule has 0 N–H and O–H groups in total. The zero-order chi connectivity index (χ0) is 13.5. The van der Waals surface area contributed by atoms with E-state index in [1.54, 1.807) is 21.5 Å². The Morgan fingerprint density at radius 1 is 1.00 bits per heavy atom. The normalized spacial score (nSPS) is 11.2. The molecule has 0 bridgehead atoms. The third-order valence-corrected chi connectivity index (χ3v) is 3.21. The Kier molecular flexibility index (Phi) is 2.17. The van der Waals surface area contributed by atoms with Crippen molar-refractivity contribution in [2.45, 2.75) is 0 Å². The van der Waals surface area contributed by atoms with E-state index < -0.39 is 0 Å². The van der Waals surface area contributed by atoms with Crippen LogP contribution in [-0.2, 0) is 0 Å². The molecule has 3 heterocycles. The zero-order valence-electron chi connectivity index (χ0n) is 10.3. The Labute approximate surface area is 113 Å². The Morgan fingerprint density at radius 2 is 1.85 bits per heavy atom. The molecule has 0 aliphatic carbocycles. The molecule has 1 aromatic carbocycles. The first-order chi connectivity index (χ1) is 9.84. The summed E-state index contributed by atoms with van der Waals surface area (Å²) in [4.78, 5) is 20.7. The van der Waals surface area contributed by atoms with Gasteiger partial charge in [0.2, 0.25) is 0 Å². The summed E-state index contributed by atoms with van der Waals surface area (Å²) in [5, 5.41) is 4.59. The van der Waals surface area contributed by atoms with Crippen LogP contribution < -0.4 is 5.56 Å². The summed E-state index contributed by atoms with van der Waals surface area (Å²) >= 11 is 0. The zero-order valence-corrected chi connectivity index (χ0v) is 10.3. The second kappa shape index (κ2) is 3.99. The van der Waals surface area contributed by atoms with Crippen LogP contribution in [0.25, 0.3) is 22.4 Å². The predicted molar refractivity (Wildman–Crippen MR) is 73.9 cm³/mol. The monoisotopic (exact) mass is 263 g/mol. The van der Waals surface area contributed by atoms with Gasteiger partial charge in [-0.05, 0) is 18.2 Å². The Balaban J connectivity index is 2.10. The van der Waals surface area contributed by atoms with Crippen LogP contribution in [0.2, 0.25) is 0 Å². The van der Waals surface area contributed by atoms with E-state index in [0.29, 0.717) is 16.7 Å². The van der Waals surface area contributed by atoms with Crippen LogP contribution >= 0.6 is 0 Å². The molecule has 0 amide bonds. The standard InChI is InChI=1S/C14H9N5O/c20-13-11-8-15-14-16-9-17-19(14)12(11)6-7-18(13)10-4-2-1-3-5-10/h1-9H. The molecule has 0 aliphatic rings. The number of hydrogen-bond acceptors (Lipinski definition) is 4. The van der Waals surface area contributed by atoms with Gasteiger partial charge in [-0.15, -0.1) is 0 Å². The van der Waals surface area contributed by atoms with E-state index in [2.05, 4.69) is 15.1 Å². The van der Waals surface area contributed by atoms with Gasteiger partial charge in [-0.3, -0.25) is 9.36 Å². The van der Waals surface area contributed by atoms with Gasteiger partial charge in [0.25, 0.3) is 11.3 Å². The number of benzene rings is 1. The number of fused-ring (bicyclic) bond motifs is 3. The molecule has 0 saturated carbocycles. The third-order valence-electron chi connectivity index (χ3n) is 3.21. The summed E-state index contributed by atoms with van der Waals surface area (Å²) in [5.41, 5.74) is 1.39. The molecule has 6 nitrogen and oxygen atoms in total. The quantitative estimate of drug-likeness (QED) is 0.521. The van der Waals surface area contributed by atoms with Crippen molar-refractivity contribution in [3.63, 3.8) is 0 Å². The summed E-state index contributed by atoms with van der Waals surface area (Å²) < 4.78 is 3.15. The Morgan fingerprint density at radius 3 is 2.70 bits per heavy atom. The third kappa shape index (κ3) is 1.45. The van der Waals surface area contributed by atoms with Gasteiger partial charge in [0.05, 0.1) is 10.9 Å². The van der Waals surface area contributed by atoms with Crippen molar-refractivity contribution in [2.24, 2.45) is 0 Å². The van der Waals surface area contributed by atoms with Crippen LogP contribution in [0, 0.1) is 0 Å². The smallest absolute Gasteiger partial charge is 0.266 e. The second-order valence-electron chi connectivity index (χ2n) is 4.36. The highest BCUT2D eigenvalue weighted by atomic mass is 16.1. The minimum Gasteiger partial charge on any atom is -0.284 e. The van der Waals surface area contributed by atoms with E-state index in [1.165, 1.54) is 6.33 Å². The second-order valence-corrected chi connectivity index (χ2v) is 4.36. The lowest BCUT2D eigenvalue weighted by molar-refractivity contribution is 0.958. The molecule has 0 unspecified atom stereocenters. The molecule has 0 saturated heterocycles. The number of para-hydroxylation sites is 1. The highest BCUT2D eigenvalue weighted by molar-refractivity contribution is 5.78. The van der Waals surface area contributed by atoms with E-state index in [1.807, 2.05) is 36.4 Å². The van der Waals surface area contributed by atoms with Crippen LogP contribution in [0.5, 0.6) is 0 Å². The topological polar surface area (TPSA) is 65.1 Å². The van der Waals surface area contributed by atoms with Crippen LogP contribution in [0.15, 0.2) is 59.9 Å². The fourth-order valence-electron chi connectivity index (χ4n) is 2.26. The van der Waals surface area contributed by atoms with E-state index in [0.717, 1.165) is 5.69 Å². The molecule has 0 atom stereocenters. The Bertz CT molecular complexity index is 971. The van der Waals surface area contributed by atoms with Gasteiger partial charge in [0.1, 0.15) is 6.33 Å². The maximum absolute atomic E-state index is 12.6. The fraction of sp³-hybridized carbons (Fsp3) is 0. The van der Waals surface area contributed by atoms with Gasteiger partial charge < -0.3 is 0 Å². The van der Waals surface area contributed by atoms with Crippen LogP contribution in [0.3, 0.4) is 0 Å². The van der Waals surface area contributed by atoms with E-state index in [4.69, 9.17) is 0 Å². The van der Waals surface area contributed by atoms with Gasteiger partial charge in [0.15, 0.2) is 0 Å². The first kappa shape index (κ1) is 10.9. The summed E-state index contributed by atoms with van der Waals surface area (Å²) in [6.07, 6.45) is 4.70. The minimum atomic E-state index is -0.126. The van der Waals surface area contributed by atoms with Gasteiger partial charge in [-0.2, -0.15) is 14.6 Å². The predicted octanol–water partition coefficient (Wildman–Crippen LogP) is 1.43. The number of rotatable bonds is 1. The first-order valence-electron chi connectivity index (χ1n) is 6.10. The van der Waals surface area contributed by atoms with Crippen molar-refractivity contribution < 1.29 is 0 Å². The molecule has 0 fully saturated rings.